The number of carbonyl (C=O) groups excluding carboxylic acids is 2. The number of rotatable bonds is 3. The molecule has 0 radical (unpaired) electrons. The lowest BCUT2D eigenvalue weighted by molar-refractivity contribution is -0.122. The van der Waals surface area contributed by atoms with Crippen LogP contribution in [-0.2, 0) is 20.4 Å². The molecule has 38 heavy (non-hydrogen) atoms. The second-order valence-electron chi connectivity index (χ2n) is 13.1. The van der Waals surface area contributed by atoms with Gasteiger partial charge in [0.15, 0.2) is 0 Å². The second kappa shape index (κ2) is 8.30. The van der Waals surface area contributed by atoms with Gasteiger partial charge in [0.1, 0.15) is 5.75 Å². The summed E-state index contributed by atoms with van der Waals surface area (Å²) in [5.74, 6) is -0.486. The molecule has 0 spiro atoms. The van der Waals surface area contributed by atoms with Crippen LogP contribution in [0.4, 0.5) is 5.69 Å². The summed E-state index contributed by atoms with van der Waals surface area (Å²) in [5, 5.41) is 0. The van der Waals surface area contributed by atoms with Crippen LogP contribution in [0.15, 0.2) is 60.7 Å². The molecule has 4 atom stereocenters. The van der Waals surface area contributed by atoms with Crippen molar-refractivity contribution in [3.05, 3.63) is 94.0 Å². The van der Waals surface area contributed by atoms with E-state index >= 15 is 0 Å². The third-order valence-corrected chi connectivity index (χ3v) is 8.77. The highest BCUT2D eigenvalue weighted by molar-refractivity contribution is 6.23. The molecule has 0 aromatic heterocycles. The molecule has 4 heteroatoms. The highest BCUT2D eigenvalue weighted by atomic mass is 16.5. The van der Waals surface area contributed by atoms with Crippen LogP contribution < -0.4 is 9.64 Å². The molecule has 3 aromatic carbocycles. The molecule has 1 heterocycles. The predicted octanol–water partition coefficient (Wildman–Crippen LogP) is 7.08. The molecule has 4 nitrogen and oxygen atoms in total. The molecule has 1 saturated heterocycles. The van der Waals surface area contributed by atoms with E-state index in [4.69, 9.17) is 4.74 Å². The Hall–Kier alpha value is -3.40. The van der Waals surface area contributed by atoms with Crippen molar-refractivity contribution in [3.8, 4) is 5.75 Å². The van der Waals surface area contributed by atoms with E-state index in [1.165, 1.54) is 38.3 Å². The molecule has 4 aliphatic rings. The summed E-state index contributed by atoms with van der Waals surface area (Å²) in [6.07, 6.45) is 0. The zero-order valence-electron chi connectivity index (χ0n) is 23.5. The minimum Gasteiger partial charge on any atom is -0.494 e. The van der Waals surface area contributed by atoms with E-state index in [0.717, 1.165) is 5.75 Å². The largest absolute Gasteiger partial charge is 0.494 e. The third kappa shape index (κ3) is 3.56. The molecule has 0 N–H and O–H groups in total. The number of amides is 2. The Balaban J connectivity index is 1.52. The van der Waals surface area contributed by atoms with Gasteiger partial charge in [-0.1, -0.05) is 77.9 Å². The third-order valence-electron chi connectivity index (χ3n) is 8.77. The van der Waals surface area contributed by atoms with Crippen LogP contribution in [0, 0.1) is 11.8 Å². The van der Waals surface area contributed by atoms with E-state index in [9.17, 15) is 9.59 Å². The Morgan fingerprint density at radius 1 is 0.658 bits per heavy atom. The topological polar surface area (TPSA) is 46.6 Å². The molecular formula is C34H37NO3. The average Bonchev–Trinajstić information content (AvgIpc) is 3.13. The van der Waals surface area contributed by atoms with Crippen molar-refractivity contribution in [1.29, 1.82) is 0 Å². The molecule has 3 aliphatic carbocycles. The summed E-state index contributed by atoms with van der Waals surface area (Å²) in [6.45, 7) is 15.8. The quantitative estimate of drug-likeness (QED) is 0.356. The lowest BCUT2D eigenvalue weighted by Crippen LogP contribution is -2.42. The standard InChI is InChI=1S/C34H37NO3/c1-8-38-22-13-11-21(12-14-22)35-31(36)29-27-24-16-10-20(34(5,6)7)18-26(24)28(30(29)32(35)37)23-15-9-19(17-25(23)27)33(2,3)4/h9-18,27-30H,8H2,1-7H3/t27-,28+,29-,30-/m0/s1. The van der Waals surface area contributed by atoms with Gasteiger partial charge in [0.05, 0.1) is 24.1 Å². The Morgan fingerprint density at radius 3 is 1.50 bits per heavy atom. The number of benzene rings is 3. The van der Waals surface area contributed by atoms with Crippen LogP contribution in [0.25, 0.3) is 0 Å². The molecule has 196 valence electrons. The lowest BCUT2D eigenvalue weighted by Gasteiger charge is -2.47. The molecular weight excluding hydrogens is 470 g/mol. The van der Waals surface area contributed by atoms with Gasteiger partial charge in [-0.3, -0.25) is 9.59 Å². The van der Waals surface area contributed by atoms with Gasteiger partial charge >= 0.3 is 0 Å². The van der Waals surface area contributed by atoms with Crippen LogP contribution in [0.1, 0.15) is 93.7 Å². The predicted molar refractivity (Wildman–Crippen MR) is 151 cm³/mol. The van der Waals surface area contributed by atoms with Gasteiger partial charge in [-0.15, -0.1) is 0 Å². The summed E-state index contributed by atoms with van der Waals surface area (Å²) in [6, 6.07) is 20.8. The van der Waals surface area contributed by atoms with Crippen molar-refractivity contribution in [1.82, 2.24) is 0 Å². The Bertz CT molecular complexity index is 1370. The van der Waals surface area contributed by atoms with Gasteiger partial charge in [-0.05, 0) is 75.4 Å². The summed E-state index contributed by atoms with van der Waals surface area (Å²) in [4.78, 5) is 29.7. The van der Waals surface area contributed by atoms with Gasteiger partial charge in [0.2, 0.25) is 11.8 Å². The molecule has 2 amide bonds. The molecule has 0 unspecified atom stereocenters. The van der Waals surface area contributed by atoms with Crippen LogP contribution in [-0.4, -0.2) is 18.4 Å². The van der Waals surface area contributed by atoms with Crippen LogP contribution in [0.5, 0.6) is 5.75 Å². The molecule has 1 aliphatic heterocycles. The smallest absolute Gasteiger partial charge is 0.238 e. The number of ether oxygens (including phenoxy) is 1. The SMILES string of the molecule is CCOc1ccc(N2C(=O)[C@H]3[C@@H]4c5ccc(C(C)(C)C)cc5[C@H](c5ccc(C(C)(C)C)cc54)[C@@H]3C2=O)cc1. The molecule has 0 saturated carbocycles. The number of hydrogen-bond donors (Lipinski definition) is 0. The van der Waals surface area contributed by atoms with E-state index in [-0.39, 0.29) is 34.5 Å². The molecule has 7 rings (SSSR count). The van der Waals surface area contributed by atoms with Crippen molar-refractivity contribution in [3.63, 3.8) is 0 Å². The summed E-state index contributed by atoms with van der Waals surface area (Å²) < 4.78 is 5.59. The Morgan fingerprint density at radius 2 is 1.11 bits per heavy atom. The van der Waals surface area contributed by atoms with E-state index < -0.39 is 11.8 Å². The van der Waals surface area contributed by atoms with E-state index in [1.54, 1.807) is 0 Å². The number of imide groups is 1. The fraction of sp³-hybridized carbons (Fsp3) is 0.412. The Kier molecular flexibility index (Phi) is 5.44. The van der Waals surface area contributed by atoms with Gasteiger partial charge in [-0.25, -0.2) is 4.90 Å². The van der Waals surface area contributed by atoms with Crippen molar-refractivity contribution < 1.29 is 14.3 Å². The zero-order chi connectivity index (χ0) is 27.1. The lowest BCUT2D eigenvalue weighted by atomic mass is 9.54. The van der Waals surface area contributed by atoms with Gasteiger partial charge in [-0.2, -0.15) is 0 Å². The number of carbonyl (C=O) groups is 2. The zero-order valence-corrected chi connectivity index (χ0v) is 23.5. The fourth-order valence-corrected chi connectivity index (χ4v) is 6.82. The minimum atomic E-state index is -0.394. The molecule has 2 bridgehead atoms. The maximum absolute atomic E-state index is 14.2. The number of nitrogens with zero attached hydrogens (tertiary/aromatic N) is 1. The second-order valence-corrected chi connectivity index (χ2v) is 13.1. The van der Waals surface area contributed by atoms with E-state index in [1.807, 2.05) is 31.2 Å². The highest BCUT2D eigenvalue weighted by Crippen LogP contribution is 2.62. The highest BCUT2D eigenvalue weighted by Gasteiger charge is 2.62. The van der Waals surface area contributed by atoms with Gasteiger partial charge < -0.3 is 4.74 Å². The van der Waals surface area contributed by atoms with Crippen molar-refractivity contribution >= 4 is 17.5 Å². The Labute approximate surface area is 226 Å². The monoisotopic (exact) mass is 507 g/mol. The molecule has 3 aromatic rings. The minimum absolute atomic E-state index is 0.00606. The summed E-state index contributed by atoms with van der Waals surface area (Å²) in [7, 11) is 0. The summed E-state index contributed by atoms with van der Waals surface area (Å²) >= 11 is 0. The molecule has 1 fully saturated rings. The first-order valence-corrected chi connectivity index (χ1v) is 13.8. The van der Waals surface area contributed by atoms with Gasteiger partial charge in [0, 0.05) is 11.8 Å². The summed E-state index contributed by atoms with van der Waals surface area (Å²) in [5.41, 5.74) is 7.97. The van der Waals surface area contributed by atoms with Crippen LogP contribution in [0.3, 0.4) is 0 Å². The van der Waals surface area contributed by atoms with Crippen molar-refractivity contribution in [2.75, 3.05) is 11.5 Å². The van der Waals surface area contributed by atoms with Crippen molar-refractivity contribution in [2.24, 2.45) is 11.8 Å². The van der Waals surface area contributed by atoms with Crippen LogP contribution >= 0.6 is 0 Å². The van der Waals surface area contributed by atoms with Gasteiger partial charge in [0.25, 0.3) is 0 Å². The van der Waals surface area contributed by atoms with Crippen molar-refractivity contribution in [2.45, 2.75) is 71.1 Å². The number of anilines is 1. The normalized spacial score (nSPS) is 23.8. The van der Waals surface area contributed by atoms with E-state index in [2.05, 4.69) is 77.9 Å². The van der Waals surface area contributed by atoms with E-state index in [0.29, 0.717) is 12.3 Å². The maximum atomic E-state index is 14.2. The van der Waals surface area contributed by atoms with Crippen LogP contribution in [0.2, 0.25) is 0 Å². The first-order chi connectivity index (χ1) is 17.9. The first kappa shape index (κ1) is 24.9. The number of hydrogen-bond acceptors (Lipinski definition) is 3. The average molecular weight is 508 g/mol. The first-order valence-electron chi connectivity index (χ1n) is 13.8. The fourth-order valence-electron chi connectivity index (χ4n) is 6.82. The maximum Gasteiger partial charge on any atom is 0.238 e.